The van der Waals surface area contributed by atoms with E-state index in [2.05, 4.69) is 47.8 Å². The van der Waals surface area contributed by atoms with Crippen LogP contribution < -0.4 is 11.1 Å². The molecule has 12 heteroatoms. The van der Waals surface area contributed by atoms with Gasteiger partial charge in [0.25, 0.3) is 0 Å². The van der Waals surface area contributed by atoms with E-state index in [9.17, 15) is 13.2 Å². The van der Waals surface area contributed by atoms with Crippen LogP contribution in [0.15, 0.2) is 73.6 Å². The van der Waals surface area contributed by atoms with Crippen LogP contribution in [0.1, 0.15) is 11.1 Å². The maximum absolute atomic E-state index is 12.7. The predicted molar refractivity (Wildman–Crippen MR) is 137 cm³/mol. The van der Waals surface area contributed by atoms with Gasteiger partial charge in [-0.1, -0.05) is 23.2 Å². The molecule has 3 N–H and O–H groups in total. The number of rotatable bonds is 2. The van der Waals surface area contributed by atoms with E-state index < -0.39 is 11.7 Å². The summed E-state index contributed by atoms with van der Waals surface area (Å²) >= 11 is 13.4. The van der Waals surface area contributed by atoms with Gasteiger partial charge in [0.05, 0.1) is 28.8 Å². The summed E-state index contributed by atoms with van der Waals surface area (Å²) in [5.74, 6) is 0. The van der Waals surface area contributed by atoms with Crippen LogP contribution in [0.3, 0.4) is 0 Å². The molecule has 4 aromatic heterocycles. The van der Waals surface area contributed by atoms with Crippen molar-refractivity contribution in [3.63, 3.8) is 0 Å². The number of alkyl halides is 3. The third-order valence-electron chi connectivity index (χ3n) is 3.81. The average Bonchev–Trinajstić information content (AvgIpc) is 2.78. The lowest BCUT2D eigenvalue weighted by atomic mass is 10.2. The molecule has 6 nitrogen and oxygen atoms in total. The minimum absolute atomic E-state index is 0.0191. The van der Waals surface area contributed by atoms with Crippen molar-refractivity contribution in [2.24, 2.45) is 0 Å². The molecule has 0 aliphatic rings. The Morgan fingerprint density at radius 2 is 1.53 bits per heavy atom. The fourth-order valence-corrected chi connectivity index (χ4v) is 3.14. The van der Waals surface area contributed by atoms with E-state index in [1.807, 2.05) is 13.0 Å². The van der Waals surface area contributed by atoms with Crippen molar-refractivity contribution >= 4 is 62.9 Å². The Labute approximate surface area is 217 Å². The second kappa shape index (κ2) is 13.3. The zero-order valence-electron chi connectivity index (χ0n) is 17.6. The Kier molecular flexibility index (Phi) is 10.7. The molecular weight excluding hydrogens is 603 g/mol. The molecule has 0 saturated carbocycles. The first kappa shape index (κ1) is 27.5. The molecule has 0 unspecified atom stereocenters. The quantitative estimate of drug-likeness (QED) is 0.182. The first-order valence-electron chi connectivity index (χ1n) is 9.39. The smallest absolute Gasteiger partial charge is 0.397 e. The van der Waals surface area contributed by atoms with Gasteiger partial charge in [-0.2, -0.15) is 13.2 Å². The number of hydrogen-bond acceptors (Lipinski definition) is 6. The Hall–Kier alpha value is -2.70. The highest BCUT2D eigenvalue weighted by Crippen LogP contribution is 2.36. The molecule has 0 aliphatic heterocycles. The normalized spacial score (nSPS) is 10.3. The van der Waals surface area contributed by atoms with Gasteiger partial charge in [-0.05, 0) is 71.5 Å². The average molecular weight is 621 g/mol. The number of nitrogen functional groups attached to an aromatic ring is 1. The molecule has 34 heavy (non-hydrogen) atoms. The van der Waals surface area contributed by atoms with E-state index in [1.165, 1.54) is 18.0 Å². The van der Waals surface area contributed by atoms with Crippen LogP contribution in [-0.2, 0) is 6.18 Å². The third-order valence-corrected chi connectivity index (χ3v) is 5.38. The van der Waals surface area contributed by atoms with Crippen molar-refractivity contribution in [2.75, 3.05) is 11.1 Å². The lowest BCUT2D eigenvalue weighted by molar-refractivity contribution is -0.137. The van der Waals surface area contributed by atoms with Crippen molar-refractivity contribution in [1.29, 1.82) is 0 Å². The summed E-state index contributed by atoms with van der Waals surface area (Å²) in [6, 6.07) is 9.77. The highest BCUT2D eigenvalue weighted by Gasteiger charge is 2.34. The largest absolute Gasteiger partial charge is 0.419 e. The number of nitrogens with one attached hydrogen (secondary N) is 1. The fourth-order valence-electron chi connectivity index (χ4n) is 2.20. The third kappa shape index (κ3) is 9.65. The minimum Gasteiger partial charge on any atom is -0.397 e. The van der Waals surface area contributed by atoms with E-state index in [1.54, 1.807) is 42.9 Å². The molecular formula is C22H18Cl2F3IN6. The molecule has 0 aromatic carbocycles. The SMILES string of the molecule is Cc1cnc(Cl)cc1I.FC(F)(F)c1cnc(Cl)cc1Nc1cccnc1.Nc1cccnc1. The van der Waals surface area contributed by atoms with Crippen molar-refractivity contribution in [3.8, 4) is 0 Å². The van der Waals surface area contributed by atoms with E-state index in [0.29, 0.717) is 22.7 Å². The van der Waals surface area contributed by atoms with Gasteiger partial charge >= 0.3 is 6.18 Å². The summed E-state index contributed by atoms with van der Waals surface area (Å²) < 4.78 is 39.4. The molecule has 4 heterocycles. The zero-order chi connectivity index (χ0) is 25.1. The molecule has 0 fully saturated rings. The molecule has 178 valence electrons. The standard InChI is InChI=1S/C11H7ClF3N3.C6H5ClIN.C5H6N2/c12-10-4-9(8(6-17-10)11(13,14)15)18-7-2-1-3-16-5-7;1-4-3-9-6(7)2-5(4)8;6-5-2-1-3-7-4-5/h1-6H,(H,17,18);2-3H,1H3;1-4H,6H2. The second-order valence-corrected chi connectivity index (χ2v) is 8.40. The topological polar surface area (TPSA) is 89.6 Å². The number of nitrogens with two attached hydrogens (primary N) is 1. The Morgan fingerprint density at radius 1 is 0.912 bits per heavy atom. The monoisotopic (exact) mass is 620 g/mol. The van der Waals surface area contributed by atoms with Gasteiger partial charge in [-0.3, -0.25) is 9.97 Å². The van der Waals surface area contributed by atoms with Gasteiger partial charge in [0.1, 0.15) is 10.3 Å². The van der Waals surface area contributed by atoms with Crippen LogP contribution in [0, 0.1) is 10.5 Å². The molecule has 0 spiro atoms. The van der Waals surface area contributed by atoms with Crippen molar-refractivity contribution in [3.05, 3.63) is 98.6 Å². The summed E-state index contributed by atoms with van der Waals surface area (Å²) in [5, 5.41) is 3.15. The van der Waals surface area contributed by atoms with Crippen LogP contribution >= 0.6 is 45.8 Å². The van der Waals surface area contributed by atoms with Crippen LogP contribution in [0.5, 0.6) is 0 Å². The Balaban J connectivity index is 0.000000211. The zero-order valence-corrected chi connectivity index (χ0v) is 21.2. The van der Waals surface area contributed by atoms with Gasteiger partial charge in [-0.25, -0.2) is 9.97 Å². The Bertz CT molecular complexity index is 1180. The summed E-state index contributed by atoms with van der Waals surface area (Å²) in [7, 11) is 0. The van der Waals surface area contributed by atoms with Crippen LogP contribution in [0.2, 0.25) is 10.3 Å². The molecule has 0 amide bonds. The van der Waals surface area contributed by atoms with Gasteiger partial charge < -0.3 is 11.1 Å². The molecule has 0 atom stereocenters. The van der Waals surface area contributed by atoms with Crippen LogP contribution in [0.25, 0.3) is 0 Å². The summed E-state index contributed by atoms with van der Waals surface area (Å²) in [5.41, 5.74) is 6.57. The molecule has 0 radical (unpaired) electrons. The van der Waals surface area contributed by atoms with Gasteiger partial charge in [0.2, 0.25) is 0 Å². The second-order valence-electron chi connectivity index (χ2n) is 6.46. The number of halogens is 6. The van der Waals surface area contributed by atoms with E-state index in [-0.39, 0.29) is 10.8 Å². The Morgan fingerprint density at radius 3 is 2.00 bits per heavy atom. The van der Waals surface area contributed by atoms with E-state index >= 15 is 0 Å². The predicted octanol–water partition coefficient (Wildman–Crippen LogP) is 7.20. The first-order chi connectivity index (χ1) is 16.1. The number of pyridine rings is 4. The maximum atomic E-state index is 12.7. The van der Waals surface area contributed by atoms with Gasteiger partial charge in [0, 0.05) is 34.6 Å². The van der Waals surface area contributed by atoms with Gasteiger partial charge in [-0.15, -0.1) is 0 Å². The van der Waals surface area contributed by atoms with E-state index in [4.69, 9.17) is 28.9 Å². The maximum Gasteiger partial charge on any atom is 0.419 e. The van der Waals surface area contributed by atoms with E-state index in [0.717, 1.165) is 9.64 Å². The number of nitrogens with zero attached hydrogens (tertiary/aromatic N) is 4. The first-order valence-corrected chi connectivity index (χ1v) is 11.2. The number of aryl methyl sites for hydroxylation is 1. The molecule has 4 rings (SSSR count). The summed E-state index contributed by atoms with van der Waals surface area (Å²) in [4.78, 5) is 14.9. The highest BCUT2D eigenvalue weighted by molar-refractivity contribution is 14.1. The lowest BCUT2D eigenvalue weighted by Crippen LogP contribution is -2.09. The summed E-state index contributed by atoms with van der Waals surface area (Å²) in [6.07, 6.45) is 4.20. The fraction of sp³-hybridized carbons (Fsp3) is 0.0909. The molecule has 0 bridgehead atoms. The minimum atomic E-state index is -4.50. The van der Waals surface area contributed by atoms with Gasteiger partial charge in [0.15, 0.2) is 0 Å². The van der Waals surface area contributed by atoms with Crippen LogP contribution in [0.4, 0.5) is 30.2 Å². The lowest BCUT2D eigenvalue weighted by Gasteiger charge is -2.14. The number of aromatic nitrogens is 4. The molecule has 0 saturated heterocycles. The summed E-state index contributed by atoms with van der Waals surface area (Å²) in [6.45, 7) is 2.01. The molecule has 0 aliphatic carbocycles. The van der Waals surface area contributed by atoms with Crippen molar-refractivity contribution < 1.29 is 13.2 Å². The number of anilines is 3. The van der Waals surface area contributed by atoms with Crippen molar-refractivity contribution in [1.82, 2.24) is 19.9 Å². The highest BCUT2D eigenvalue weighted by atomic mass is 127. The molecule has 4 aromatic rings. The number of hydrogen-bond donors (Lipinski definition) is 2. The van der Waals surface area contributed by atoms with Crippen molar-refractivity contribution in [2.45, 2.75) is 13.1 Å². The van der Waals surface area contributed by atoms with Crippen LogP contribution in [-0.4, -0.2) is 19.9 Å².